The lowest BCUT2D eigenvalue weighted by Crippen LogP contribution is -2.45. The number of carbonyl (C=O) groups excluding carboxylic acids is 2. The van der Waals surface area contributed by atoms with Crippen LogP contribution in [0.5, 0.6) is 0 Å². The summed E-state index contributed by atoms with van der Waals surface area (Å²) in [7, 11) is -2.05. The normalized spacial score (nSPS) is 13.6. The summed E-state index contributed by atoms with van der Waals surface area (Å²) in [5.41, 5.74) is 8.32. The Hall–Kier alpha value is -1.17. The molecular weight excluding hydrogens is 250 g/mol. The van der Waals surface area contributed by atoms with Gasteiger partial charge >= 0.3 is 0 Å². The van der Waals surface area contributed by atoms with E-state index in [-0.39, 0.29) is 24.3 Å². The van der Waals surface area contributed by atoms with Crippen molar-refractivity contribution in [2.75, 3.05) is 6.54 Å². The zero-order valence-electron chi connectivity index (χ0n) is 11.6. The van der Waals surface area contributed by atoms with Gasteiger partial charge in [-0.3, -0.25) is 9.59 Å². The van der Waals surface area contributed by atoms with Crippen molar-refractivity contribution in [2.45, 2.75) is 51.4 Å². The molecule has 0 aromatic heterocycles. The molecule has 0 fully saturated rings. The quantitative estimate of drug-likeness (QED) is 0.178. The van der Waals surface area contributed by atoms with Gasteiger partial charge in [0.25, 0.3) is 0 Å². The maximum absolute atomic E-state index is 11.2. The standard InChI is InChI=1S/C11H21N3O3Si/c1-11(2,3)18(4,5)17-10(7-13-14-12)6-9(16)8-15/h8,10H,6-7H2,1-5H3/t10-/m0/s1. The van der Waals surface area contributed by atoms with Gasteiger partial charge in [0.2, 0.25) is 0 Å². The average Bonchev–Trinajstić information content (AvgIpc) is 2.23. The van der Waals surface area contributed by atoms with Gasteiger partial charge in [-0.05, 0) is 23.7 Å². The van der Waals surface area contributed by atoms with Crippen molar-refractivity contribution in [1.82, 2.24) is 0 Å². The maximum Gasteiger partial charge on any atom is 0.197 e. The Morgan fingerprint density at radius 1 is 1.50 bits per heavy atom. The molecule has 6 nitrogen and oxygen atoms in total. The summed E-state index contributed by atoms with van der Waals surface area (Å²) in [6.45, 7) is 10.4. The highest BCUT2D eigenvalue weighted by atomic mass is 28.4. The molecular formula is C11H21N3O3Si. The predicted molar refractivity (Wildman–Crippen MR) is 71.8 cm³/mol. The fraction of sp³-hybridized carbons (Fsp3) is 0.818. The molecule has 0 rings (SSSR count). The van der Waals surface area contributed by atoms with E-state index in [1.54, 1.807) is 0 Å². The summed E-state index contributed by atoms with van der Waals surface area (Å²) in [6.07, 6.45) is -0.271. The molecule has 0 heterocycles. The van der Waals surface area contributed by atoms with Crippen LogP contribution in [-0.4, -0.2) is 33.0 Å². The van der Waals surface area contributed by atoms with E-state index in [2.05, 4.69) is 30.8 Å². The monoisotopic (exact) mass is 271 g/mol. The van der Waals surface area contributed by atoms with Crippen LogP contribution in [0.25, 0.3) is 10.4 Å². The van der Waals surface area contributed by atoms with Crippen LogP contribution in [0.15, 0.2) is 5.11 Å². The molecule has 0 amide bonds. The number of hydrogen-bond acceptors (Lipinski definition) is 4. The Labute approximate surface area is 108 Å². The summed E-state index contributed by atoms with van der Waals surface area (Å²) >= 11 is 0. The first-order chi connectivity index (χ1) is 8.14. The summed E-state index contributed by atoms with van der Waals surface area (Å²) in [6, 6.07) is 0. The van der Waals surface area contributed by atoms with Crippen LogP contribution in [0.3, 0.4) is 0 Å². The van der Waals surface area contributed by atoms with E-state index in [1.165, 1.54) is 0 Å². The van der Waals surface area contributed by atoms with Crippen molar-refractivity contribution in [3.8, 4) is 0 Å². The molecule has 0 N–H and O–H groups in total. The molecule has 102 valence electrons. The zero-order chi connectivity index (χ0) is 14.4. The topological polar surface area (TPSA) is 92.1 Å². The van der Waals surface area contributed by atoms with E-state index in [4.69, 9.17) is 9.96 Å². The van der Waals surface area contributed by atoms with E-state index < -0.39 is 20.2 Å². The van der Waals surface area contributed by atoms with E-state index in [0.717, 1.165) is 0 Å². The summed E-state index contributed by atoms with van der Waals surface area (Å²) in [4.78, 5) is 24.2. The van der Waals surface area contributed by atoms with Gasteiger partial charge in [-0.2, -0.15) is 0 Å². The lowest BCUT2D eigenvalue weighted by atomic mass is 10.2. The Kier molecular flexibility index (Phi) is 6.24. The van der Waals surface area contributed by atoms with Crippen LogP contribution in [0, 0.1) is 0 Å². The SMILES string of the molecule is CC(C)(C)[Si](C)(C)O[C@H](CN=[N+]=[N-])CC(=O)C=O. The lowest BCUT2D eigenvalue weighted by molar-refractivity contribution is -0.130. The first-order valence-corrected chi connectivity index (χ1v) is 8.71. The molecule has 0 saturated carbocycles. The molecule has 18 heavy (non-hydrogen) atoms. The van der Waals surface area contributed by atoms with Crippen LogP contribution in [-0.2, 0) is 14.0 Å². The third-order valence-electron chi connectivity index (χ3n) is 3.18. The second kappa shape index (κ2) is 6.68. The molecule has 1 atom stereocenters. The van der Waals surface area contributed by atoms with Gasteiger partial charge < -0.3 is 4.43 Å². The van der Waals surface area contributed by atoms with Crippen molar-refractivity contribution >= 4 is 20.4 Å². The number of carbonyl (C=O) groups is 2. The van der Waals surface area contributed by atoms with E-state index in [0.29, 0.717) is 0 Å². The zero-order valence-corrected chi connectivity index (χ0v) is 12.6. The third kappa shape index (κ3) is 5.44. The van der Waals surface area contributed by atoms with Crippen molar-refractivity contribution in [3.63, 3.8) is 0 Å². The van der Waals surface area contributed by atoms with E-state index in [1.807, 2.05) is 13.1 Å². The highest BCUT2D eigenvalue weighted by Crippen LogP contribution is 2.37. The first kappa shape index (κ1) is 16.8. The fourth-order valence-corrected chi connectivity index (χ4v) is 2.48. The molecule has 0 radical (unpaired) electrons. The highest BCUT2D eigenvalue weighted by molar-refractivity contribution is 6.74. The minimum atomic E-state index is -2.05. The highest BCUT2D eigenvalue weighted by Gasteiger charge is 2.39. The number of azide groups is 1. The minimum absolute atomic E-state index is 0.00810. The smallest absolute Gasteiger partial charge is 0.197 e. The molecule has 7 heteroatoms. The molecule has 0 aliphatic rings. The number of ketones is 1. The van der Waals surface area contributed by atoms with E-state index >= 15 is 0 Å². The van der Waals surface area contributed by atoms with Crippen molar-refractivity contribution in [2.24, 2.45) is 5.11 Å². The van der Waals surface area contributed by atoms with Gasteiger partial charge in [0.05, 0.1) is 12.6 Å². The van der Waals surface area contributed by atoms with Crippen LogP contribution < -0.4 is 0 Å². The Bertz CT molecular complexity index is 357. The Balaban J connectivity index is 4.82. The number of rotatable bonds is 7. The van der Waals surface area contributed by atoms with Gasteiger partial charge in [0.15, 0.2) is 20.4 Å². The van der Waals surface area contributed by atoms with Gasteiger partial charge in [-0.1, -0.05) is 25.9 Å². The van der Waals surface area contributed by atoms with Gasteiger partial charge in [0, 0.05) is 11.3 Å². The first-order valence-electron chi connectivity index (χ1n) is 5.80. The van der Waals surface area contributed by atoms with Crippen LogP contribution in [0.1, 0.15) is 27.2 Å². The summed E-state index contributed by atoms with van der Waals surface area (Å²) in [5, 5.41) is 3.43. The van der Waals surface area contributed by atoms with Gasteiger partial charge in [-0.25, -0.2) is 0 Å². The number of aldehydes is 1. The third-order valence-corrected chi connectivity index (χ3v) is 7.71. The van der Waals surface area contributed by atoms with Crippen molar-refractivity contribution in [3.05, 3.63) is 10.4 Å². The molecule has 0 saturated heterocycles. The number of Topliss-reactive ketones (excluding diaryl/α,β-unsaturated/α-hetero) is 1. The lowest BCUT2D eigenvalue weighted by Gasteiger charge is -2.38. The molecule has 0 bridgehead atoms. The Morgan fingerprint density at radius 3 is 2.44 bits per heavy atom. The Morgan fingerprint density at radius 2 is 2.06 bits per heavy atom. The molecule has 0 aliphatic carbocycles. The fourth-order valence-electron chi connectivity index (χ4n) is 1.14. The van der Waals surface area contributed by atoms with Crippen LogP contribution in [0.4, 0.5) is 0 Å². The largest absolute Gasteiger partial charge is 0.413 e. The van der Waals surface area contributed by atoms with Crippen LogP contribution in [0.2, 0.25) is 18.1 Å². The van der Waals surface area contributed by atoms with Gasteiger partial charge in [0.1, 0.15) is 0 Å². The van der Waals surface area contributed by atoms with E-state index in [9.17, 15) is 9.59 Å². The molecule has 0 aromatic rings. The molecule has 0 unspecified atom stereocenters. The predicted octanol–water partition coefficient (Wildman–Crippen LogP) is 2.85. The number of hydrogen-bond donors (Lipinski definition) is 0. The van der Waals surface area contributed by atoms with Crippen molar-refractivity contribution in [1.29, 1.82) is 0 Å². The van der Waals surface area contributed by atoms with Gasteiger partial charge in [-0.15, -0.1) is 0 Å². The molecule has 0 aromatic carbocycles. The van der Waals surface area contributed by atoms with Crippen molar-refractivity contribution < 1.29 is 14.0 Å². The summed E-state index contributed by atoms with van der Waals surface area (Å²) in [5.74, 6) is -0.535. The average molecular weight is 271 g/mol. The molecule has 0 aliphatic heterocycles. The second-order valence-corrected chi connectivity index (χ2v) is 10.5. The second-order valence-electron chi connectivity index (χ2n) is 5.70. The summed E-state index contributed by atoms with van der Waals surface area (Å²) < 4.78 is 5.97. The maximum atomic E-state index is 11.2. The number of nitrogens with zero attached hydrogens (tertiary/aromatic N) is 3. The molecule has 0 spiro atoms. The van der Waals surface area contributed by atoms with Crippen LogP contribution >= 0.6 is 0 Å². The minimum Gasteiger partial charge on any atom is -0.413 e.